The van der Waals surface area contributed by atoms with Gasteiger partial charge in [-0.1, -0.05) is 60.7 Å². The highest BCUT2D eigenvalue weighted by molar-refractivity contribution is 6.27. The fourth-order valence-electron chi connectivity index (χ4n) is 4.55. The van der Waals surface area contributed by atoms with Crippen LogP contribution >= 0.6 is 0 Å². The van der Waals surface area contributed by atoms with Gasteiger partial charge in [-0.15, -0.1) is 0 Å². The van der Waals surface area contributed by atoms with E-state index in [9.17, 15) is 0 Å². The Morgan fingerprint density at radius 2 is 1.18 bits per heavy atom. The number of hydrogen-bond acceptors (Lipinski definition) is 7. The molecule has 38 heavy (non-hydrogen) atoms. The van der Waals surface area contributed by atoms with Crippen molar-refractivity contribution in [1.29, 1.82) is 0 Å². The Kier molecular flexibility index (Phi) is 10.5. The molecule has 4 rings (SSSR count). The molecule has 0 atom stereocenters. The van der Waals surface area contributed by atoms with Crippen LogP contribution in [-0.2, 0) is 16.1 Å². The molecule has 9 nitrogen and oxygen atoms in total. The Labute approximate surface area is 222 Å². The van der Waals surface area contributed by atoms with Crippen molar-refractivity contribution in [3.63, 3.8) is 0 Å². The van der Waals surface area contributed by atoms with Gasteiger partial charge < -0.3 is 24.4 Å². The molecule has 9 heteroatoms. The zero-order chi connectivity index (χ0) is 27.5. The molecule has 1 aliphatic rings. The first-order valence-electron chi connectivity index (χ1n) is 12.2. The molecule has 1 aliphatic heterocycles. The number of piperazine rings is 1. The number of carboxylic acid groups (broad SMARTS) is 2. The molecule has 0 radical (unpaired) electrons. The Morgan fingerprint density at radius 3 is 1.55 bits per heavy atom. The molecule has 0 unspecified atom stereocenters. The predicted octanol–water partition coefficient (Wildman–Crippen LogP) is 3.78. The van der Waals surface area contributed by atoms with Crippen molar-refractivity contribution in [3.8, 4) is 17.2 Å². The first-order chi connectivity index (χ1) is 18.4. The van der Waals surface area contributed by atoms with E-state index in [4.69, 9.17) is 34.0 Å². The van der Waals surface area contributed by atoms with Crippen LogP contribution < -0.4 is 14.2 Å². The first kappa shape index (κ1) is 28.5. The molecule has 3 aromatic carbocycles. The van der Waals surface area contributed by atoms with Gasteiger partial charge >= 0.3 is 11.9 Å². The minimum absolute atomic E-state index is 0.278. The number of rotatable bonds is 8. The maximum Gasteiger partial charge on any atom is 0.414 e. The summed E-state index contributed by atoms with van der Waals surface area (Å²) in [4.78, 5) is 23.3. The maximum absolute atomic E-state index is 9.10. The number of methoxy groups -OCH3 is 3. The normalized spacial score (nSPS) is 13.8. The highest BCUT2D eigenvalue weighted by atomic mass is 16.5. The summed E-state index contributed by atoms with van der Waals surface area (Å²) in [5, 5.41) is 14.8. The van der Waals surface area contributed by atoms with Crippen LogP contribution in [-0.4, -0.2) is 79.5 Å². The van der Waals surface area contributed by atoms with E-state index >= 15 is 0 Å². The molecule has 0 bridgehead atoms. The van der Waals surface area contributed by atoms with Crippen LogP contribution in [0.4, 0.5) is 0 Å². The van der Waals surface area contributed by atoms with E-state index in [-0.39, 0.29) is 6.04 Å². The molecular formula is C29H34N2O7. The summed E-state index contributed by atoms with van der Waals surface area (Å²) in [7, 11) is 4.95. The average molecular weight is 523 g/mol. The summed E-state index contributed by atoms with van der Waals surface area (Å²) >= 11 is 0. The highest BCUT2D eigenvalue weighted by Crippen LogP contribution is 2.38. The summed E-state index contributed by atoms with van der Waals surface area (Å²) in [6.45, 7) is 4.89. The second-order valence-corrected chi connectivity index (χ2v) is 8.68. The van der Waals surface area contributed by atoms with Gasteiger partial charge in [-0.05, 0) is 28.8 Å². The van der Waals surface area contributed by atoms with Crippen LogP contribution in [0.1, 0.15) is 22.7 Å². The molecule has 202 valence electrons. The van der Waals surface area contributed by atoms with Crippen LogP contribution in [0, 0.1) is 0 Å². The van der Waals surface area contributed by atoms with Gasteiger partial charge in [0.2, 0.25) is 5.75 Å². The van der Waals surface area contributed by atoms with Crippen molar-refractivity contribution in [1.82, 2.24) is 9.80 Å². The quantitative estimate of drug-likeness (QED) is 0.427. The molecule has 0 saturated carbocycles. The van der Waals surface area contributed by atoms with Gasteiger partial charge in [0.15, 0.2) is 11.5 Å². The summed E-state index contributed by atoms with van der Waals surface area (Å²) in [6.07, 6.45) is 0. The molecule has 0 amide bonds. The topological polar surface area (TPSA) is 109 Å². The number of aliphatic carboxylic acids is 2. The molecule has 1 fully saturated rings. The third kappa shape index (κ3) is 7.47. The van der Waals surface area contributed by atoms with Crippen LogP contribution in [0.15, 0.2) is 72.8 Å². The van der Waals surface area contributed by atoms with Crippen LogP contribution in [0.3, 0.4) is 0 Å². The minimum atomic E-state index is -1.82. The van der Waals surface area contributed by atoms with Gasteiger partial charge in [0.1, 0.15) is 0 Å². The predicted molar refractivity (Wildman–Crippen MR) is 143 cm³/mol. The zero-order valence-electron chi connectivity index (χ0n) is 21.9. The molecule has 0 spiro atoms. The lowest BCUT2D eigenvalue weighted by Crippen LogP contribution is -2.47. The van der Waals surface area contributed by atoms with E-state index in [0.29, 0.717) is 17.2 Å². The van der Waals surface area contributed by atoms with Crippen molar-refractivity contribution >= 4 is 11.9 Å². The van der Waals surface area contributed by atoms with E-state index in [1.165, 1.54) is 11.1 Å². The standard InChI is InChI=1S/C27H32N2O3.C2H2O4/c1-30-24-18-21(19-25(31-2)27(24)32-3)20-28-14-16-29(17-15-28)26(22-10-6-4-7-11-22)23-12-8-5-9-13-23;3-1(4)2(5)6/h4-13,18-19,26H,14-17,20H2,1-3H3;(H,3,4)(H,5,6). The number of ether oxygens (including phenoxy) is 3. The molecule has 1 heterocycles. The van der Waals surface area contributed by atoms with E-state index in [1.807, 2.05) is 12.1 Å². The molecule has 0 aliphatic carbocycles. The van der Waals surface area contributed by atoms with E-state index < -0.39 is 11.9 Å². The van der Waals surface area contributed by atoms with Gasteiger partial charge in [-0.25, -0.2) is 9.59 Å². The smallest absolute Gasteiger partial charge is 0.414 e. The Balaban J connectivity index is 0.000000599. The molecule has 2 N–H and O–H groups in total. The lowest BCUT2D eigenvalue weighted by atomic mass is 9.96. The van der Waals surface area contributed by atoms with Crippen LogP contribution in [0.5, 0.6) is 17.2 Å². The molecular weight excluding hydrogens is 488 g/mol. The molecule has 3 aromatic rings. The summed E-state index contributed by atoms with van der Waals surface area (Å²) < 4.78 is 16.5. The fraction of sp³-hybridized carbons (Fsp3) is 0.310. The lowest BCUT2D eigenvalue weighted by Gasteiger charge is -2.40. The Hall–Kier alpha value is -4.08. The van der Waals surface area contributed by atoms with Gasteiger partial charge in [0.05, 0.1) is 27.4 Å². The summed E-state index contributed by atoms with van der Waals surface area (Å²) in [5.41, 5.74) is 3.85. The van der Waals surface area contributed by atoms with E-state index in [0.717, 1.165) is 38.3 Å². The lowest BCUT2D eigenvalue weighted by molar-refractivity contribution is -0.159. The number of carbonyl (C=O) groups is 2. The third-order valence-corrected chi connectivity index (χ3v) is 6.32. The largest absolute Gasteiger partial charge is 0.493 e. The van der Waals surface area contributed by atoms with Gasteiger partial charge in [0.25, 0.3) is 0 Å². The summed E-state index contributed by atoms with van der Waals surface area (Å²) in [6, 6.07) is 26.0. The molecule has 1 saturated heterocycles. The van der Waals surface area contributed by atoms with Crippen molar-refractivity contribution in [2.75, 3.05) is 47.5 Å². The van der Waals surface area contributed by atoms with E-state index in [1.54, 1.807) is 21.3 Å². The third-order valence-electron chi connectivity index (χ3n) is 6.32. The maximum atomic E-state index is 9.10. The number of benzene rings is 3. The zero-order valence-corrected chi connectivity index (χ0v) is 21.9. The van der Waals surface area contributed by atoms with Crippen molar-refractivity contribution in [2.45, 2.75) is 12.6 Å². The first-order valence-corrected chi connectivity index (χ1v) is 12.2. The van der Waals surface area contributed by atoms with Crippen LogP contribution in [0.2, 0.25) is 0 Å². The monoisotopic (exact) mass is 522 g/mol. The fourth-order valence-corrected chi connectivity index (χ4v) is 4.55. The van der Waals surface area contributed by atoms with Crippen molar-refractivity contribution < 1.29 is 34.0 Å². The number of nitrogens with zero attached hydrogens (tertiary/aromatic N) is 2. The van der Waals surface area contributed by atoms with Gasteiger partial charge in [-0.2, -0.15) is 0 Å². The SMILES string of the molecule is COc1cc(CN2CCN(C(c3ccccc3)c3ccccc3)CC2)cc(OC)c1OC.O=C(O)C(=O)O. The summed E-state index contributed by atoms with van der Waals surface area (Å²) in [5.74, 6) is -1.61. The number of hydrogen-bond donors (Lipinski definition) is 2. The van der Waals surface area contributed by atoms with Gasteiger partial charge in [0, 0.05) is 32.7 Å². The van der Waals surface area contributed by atoms with Crippen molar-refractivity contribution in [2.24, 2.45) is 0 Å². The second kappa shape index (κ2) is 14.0. The van der Waals surface area contributed by atoms with Crippen molar-refractivity contribution in [3.05, 3.63) is 89.5 Å². The Morgan fingerprint density at radius 1 is 0.737 bits per heavy atom. The van der Waals surface area contributed by atoms with Gasteiger partial charge in [-0.3, -0.25) is 9.80 Å². The Bertz CT molecular complexity index is 1100. The van der Waals surface area contributed by atoms with E-state index in [2.05, 4.69) is 70.5 Å². The minimum Gasteiger partial charge on any atom is -0.493 e. The number of carboxylic acids is 2. The highest BCUT2D eigenvalue weighted by Gasteiger charge is 2.26. The van der Waals surface area contributed by atoms with Crippen LogP contribution in [0.25, 0.3) is 0 Å². The molecule has 0 aromatic heterocycles. The second-order valence-electron chi connectivity index (χ2n) is 8.68. The average Bonchev–Trinajstić information content (AvgIpc) is 2.95.